The molecule has 31 heavy (non-hydrogen) atoms. The number of urea groups is 1. The summed E-state index contributed by atoms with van der Waals surface area (Å²) in [6.45, 7) is 5.92. The van der Waals surface area contributed by atoms with Crippen LogP contribution in [-0.2, 0) is 14.3 Å². The summed E-state index contributed by atoms with van der Waals surface area (Å²) in [7, 11) is 0. The van der Waals surface area contributed by atoms with Crippen LogP contribution in [0.3, 0.4) is 0 Å². The maximum atomic E-state index is 12.8. The first-order chi connectivity index (χ1) is 14.8. The molecule has 2 aromatic rings. The van der Waals surface area contributed by atoms with Gasteiger partial charge in [-0.1, -0.05) is 55.8 Å². The predicted octanol–water partition coefficient (Wildman–Crippen LogP) is 3.63. The van der Waals surface area contributed by atoms with E-state index >= 15 is 0 Å². The van der Waals surface area contributed by atoms with E-state index < -0.39 is 18.0 Å². The van der Waals surface area contributed by atoms with Gasteiger partial charge in [0.1, 0.15) is 13.2 Å². The van der Waals surface area contributed by atoms with E-state index in [2.05, 4.69) is 24.5 Å². The molecule has 4 rings (SSSR count). The quantitative estimate of drug-likeness (QED) is 0.725. The average molecular weight is 419 g/mol. The second-order valence-corrected chi connectivity index (χ2v) is 8.14. The number of hydrogen-bond donors (Lipinski definition) is 2. The van der Waals surface area contributed by atoms with E-state index in [9.17, 15) is 14.4 Å². The van der Waals surface area contributed by atoms with E-state index in [0.29, 0.717) is 22.9 Å². The normalized spacial score (nSPS) is 18.1. The van der Waals surface area contributed by atoms with Crippen LogP contribution in [0.2, 0.25) is 0 Å². The lowest BCUT2D eigenvalue weighted by Crippen LogP contribution is -2.49. The molecule has 1 unspecified atom stereocenters. The zero-order valence-corrected chi connectivity index (χ0v) is 17.8. The lowest BCUT2D eigenvalue weighted by Gasteiger charge is -2.32. The Balaban J connectivity index is 1.54. The molecule has 2 heterocycles. The van der Waals surface area contributed by atoms with E-state index in [4.69, 9.17) is 4.74 Å². The lowest BCUT2D eigenvalue weighted by atomic mass is 9.95. The van der Waals surface area contributed by atoms with E-state index in [1.165, 1.54) is 10.5 Å². The summed E-state index contributed by atoms with van der Waals surface area (Å²) in [6.07, 6.45) is 0. The van der Waals surface area contributed by atoms with Gasteiger partial charge in [-0.2, -0.15) is 0 Å². The molecule has 0 aromatic heterocycles. The minimum Gasteiger partial charge on any atom is -0.456 e. The molecule has 0 saturated carbocycles. The zero-order valence-electron chi connectivity index (χ0n) is 17.8. The molecule has 0 aliphatic carbocycles. The number of aryl methyl sites for hydroxylation is 1. The minimum atomic E-state index is -0.596. The number of nitrogens with zero attached hydrogens (tertiary/aromatic N) is 1. The van der Waals surface area contributed by atoms with Crippen molar-refractivity contribution in [3.05, 3.63) is 76.5 Å². The van der Waals surface area contributed by atoms with Crippen molar-refractivity contribution in [1.82, 2.24) is 10.2 Å². The van der Waals surface area contributed by atoms with Gasteiger partial charge in [0.05, 0.1) is 17.3 Å². The van der Waals surface area contributed by atoms with Gasteiger partial charge < -0.3 is 15.4 Å². The Morgan fingerprint density at radius 2 is 1.81 bits per heavy atom. The van der Waals surface area contributed by atoms with Crippen LogP contribution in [0, 0.1) is 6.92 Å². The van der Waals surface area contributed by atoms with Crippen molar-refractivity contribution in [3.8, 4) is 0 Å². The van der Waals surface area contributed by atoms with Gasteiger partial charge in [-0.15, -0.1) is 0 Å². The first-order valence-corrected chi connectivity index (χ1v) is 10.3. The summed E-state index contributed by atoms with van der Waals surface area (Å²) in [4.78, 5) is 39.2. The van der Waals surface area contributed by atoms with Crippen molar-refractivity contribution >= 4 is 23.6 Å². The monoisotopic (exact) mass is 419 g/mol. The first-order valence-electron chi connectivity index (χ1n) is 10.3. The Hall–Kier alpha value is -3.61. The Morgan fingerprint density at radius 3 is 2.45 bits per heavy atom. The topological polar surface area (TPSA) is 87.7 Å². The first kappa shape index (κ1) is 20.7. The van der Waals surface area contributed by atoms with Gasteiger partial charge in [-0.05, 0) is 36.1 Å². The van der Waals surface area contributed by atoms with Crippen LogP contribution in [0.1, 0.15) is 42.5 Å². The third kappa shape index (κ3) is 4.17. The highest BCUT2D eigenvalue weighted by Gasteiger charge is 2.42. The number of esters is 1. The number of nitrogens with one attached hydrogen (secondary N) is 2. The number of cyclic esters (lactones) is 1. The summed E-state index contributed by atoms with van der Waals surface area (Å²) >= 11 is 0. The van der Waals surface area contributed by atoms with Crippen LogP contribution in [0.5, 0.6) is 0 Å². The number of rotatable bonds is 5. The van der Waals surface area contributed by atoms with Crippen molar-refractivity contribution in [2.45, 2.75) is 32.7 Å². The molecule has 0 radical (unpaired) electrons. The second-order valence-electron chi connectivity index (χ2n) is 8.14. The summed E-state index contributed by atoms with van der Waals surface area (Å²) < 4.78 is 5.21. The van der Waals surface area contributed by atoms with Gasteiger partial charge in [0.25, 0.3) is 0 Å². The predicted molar refractivity (Wildman–Crippen MR) is 116 cm³/mol. The Bertz CT molecular complexity index is 1060. The van der Waals surface area contributed by atoms with Gasteiger partial charge in [-0.25, -0.2) is 9.59 Å². The minimum absolute atomic E-state index is 0.0275. The van der Waals surface area contributed by atoms with E-state index in [1.807, 2.05) is 55.5 Å². The van der Waals surface area contributed by atoms with Gasteiger partial charge in [0, 0.05) is 5.69 Å². The molecular weight excluding hydrogens is 394 g/mol. The van der Waals surface area contributed by atoms with E-state index in [1.54, 1.807) is 0 Å². The summed E-state index contributed by atoms with van der Waals surface area (Å²) in [5.74, 6) is -0.434. The van der Waals surface area contributed by atoms with Crippen LogP contribution >= 0.6 is 0 Å². The molecule has 160 valence electrons. The Morgan fingerprint density at radius 1 is 1.13 bits per heavy atom. The number of benzene rings is 2. The molecule has 2 aliphatic rings. The lowest BCUT2D eigenvalue weighted by molar-refractivity contribution is -0.136. The Kier molecular flexibility index (Phi) is 5.50. The number of ether oxygens (including phenoxy) is 1. The molecule has 2 aliphatic heterocycles. The highest BCUT2D eigenvalue weighted by Crippen LogP contribution is 2.35. The SMILES string of the molecule is Cc1ccc(C2NC(=O)N(CC(=O)Nc3ccc(C(C)C)cc3)C3=C2C(=O)OC3)cc1. The standard InChI is InChI=1S/C24H25N3O4/c1-14(2)16-8-10-18(11-9-16)25-20(28)12-27-19-13-31-23(29)21(19)22(26-24(27)30)17-6-4-15(3)5-7-17/h4-11,14,22H,12-13H2,1-3H3,(H,25,28)(H,26,30). The van der Waals surface area contributed by atoms with E-state index in [-0.39, 0.29) is 19.1 Å². The van der Waals surface area contributed by atoms with Gasteiger partial charge in [0.15, 0.2) is 0 Å². The smallest absolute Gasteiger partial charge is 0.338 e. The maximum Gasteiger partial charge on any atom is 0.338 e. The molecule has 0 spiro atoms. The van der Waals surface area contributed by atoms with Crippen molar-refractivity contribution in [2.24, 2.45) is 0 Å². The average Bonchev–Trinajstić information content (AvgIpc) is 3.12. The zero-order chi connectivity index (χ0) is 22.1. The fourth-order valence-corrected chi connectivity index (χ4v) is 3.78. The van der Waals surface area contributed by atoms with Crippen molar-refractivity contribution in [1.29, 1.82) is 0 Å². The number of amides is 3. The maximum absolute atomic E-state index is 12.8. The molecule has 1 atom stereocenters. The third-order valence-corrected chi connectivity index (χ3v) is 5.57. The van der Waals surface area contributed by atoms with Gasteiger partial charge >= 0.3 is 12.0 Å². The molecule has 7 nitrogen and oxygen atoms in total. The molecule has 2 N–H and O–H groups in total. The van der Waals surface area contributed by atoms with Crippen molar-refractivity contribution < 1.29 is 19.1 Å². The van der Waals surface area contributed by atoms with Crippen LogP contribution < -0.4 is 10.6 Å². The summed E-state index contributed by atoms with van der Waals surface area (Å²) in [6, 6.07) is 14.2. The largest absolute Gasteiger partial charge is 0.456 e. The van der Waals surface area contributed by atoms with Crippen LogP contribution in [0.15, 0.2) is 59.8 Å². The summed E-state index contributed by atoms with van der Waals surface area (Å²) in [5, 5.41) is 5.65. The molecule has 0 saturated heterocycles. The second kappa shape index (κ2) is 8.26. The van der Waals surface area contributed by atoms with Crippen molar-refractivity contribution in [3.63, 3.8) is 0 Å². The highest BCUT2D eigenvalue weighted by molar-refractivity contribution is 6.00. The van der Waals surface area contributed by atoms with E-state index in [0.717, 1.165) is 11.1 Å². The molecule has 0 fully saturated rings. The number of carbonyl (C=O) groups excluding carboxylic acids is 3. The third-order valence-electron chi connectivity index (χ3n) is 5.57. The highest BCUT2D eigenvalue weighted by atomic mass is 16.5. The van der Waals surface area contributed by atoms with Gasteiger partial charge in [0.2, 0.25) is 5.91 Å². The number of carbonyl (C=O) groups is 3. The number of anilines is 1. The van der Waals surface area contributed by atoms with Crippen molar-refractivity contribution in [2.75, 3.05) is 18.5 Å². The molecule has 2 aromatic carbocycles. The number of hydrogen-bond acceptors (Lipinski definition) is 4. The van der Waals surface area contributed by atoms with Crippen LogP contribution in [-0.4, -0.2) is 36.0 Å². The molecule has 3 amide bonds. The Labute approximate surface area is 181 Å². The van der Waals surface area contributed by atoms with Gasteiger partial charge in [-0.3, -0.25) is 9.69 Å². The molecule has 7 heteroatoms. The fraction of sp³-hybridized carbons (Fsp3) is 0.292. The molecular formula is C24H25N3O4. The van der Waals surface area contributed by atoms with Crippen LogP contribution in [0.4, 0.5) is 10.5 Å². The fourth-order valence-electron chi connectivity index (χ4n) is 3.78. The molecule has 0 bridgehead atoms. The summed E-state index contributed by atoms with van der Waals surface area (Å²) in [5.41, 5.74) is 4.50. The van der Waals surface area contributed by atoms with Crippen LogP contribution in [0.25, 0.3) is 0 Å².